The molecule has 0 aromatic heterocycles. The summed E-state index contributed by atoms with van der Waals surface area (Å²) in [4.78, 5) is 23.8. The van der Waals surface area contributed by atoms with Crippen LogP contribution in [0.25, 0.3) is 0 Å². The molecule has 2 aromatic rings. The molecular formula is C19H22N2O6. The molecule has 0 fully saturated rings. The summed E-state index contributed by atoms with van der Waals surface area (Å²) in [6.07, 6.45) is 0. The van der Waals surface area contributed by atoms with E-state index in [1.165, 1.54) is 14.2 Å². The summed E-state index contributed by atoms with van der Waals surface area (Å²) in [6, 6.07) is 11.9. The first-order chi connectivity index (χ1) is 13.1. The van der Waals surface area contributed by atoms with E-state index >= 15 is 0 Å². The molecule has 2 aromatic carbocycles. The van der Waals surface area contributed by atoms with Gasteiger partial charge in [-0.1, -0.05) is 0 Å². The molecule has 0 aliphatic rings. The second-order valence-corrected chi connectivity index (χ2v) is 5.30. The van der Waals surface area contributed by atoms with Crippen molar-refractivity contribution in [2.75, 3.05) is 39.8 Å². The minimum atomic E-state index is -0.785. The number of amides is 2. The van der Waals surface area contributed by atoms with Crippen molar-refractivity contribution >= 4 is 17.5 Å². The molecule has 0 aliphatic carbocycles. The molecule has 2 rings (SSSR count). The maximum absolute atomic E-state index is 12.0. The summed E-state index contributed by atoms with van der Waals surface area (Å²) in [5.74, 6) is 0.788. The Labute approximate surface area is 157 Å². The number of rotatable bonds is 8. The van der Waals surface area contributed by atoms with Crippen molar-refractivity contribution in [1.29, 1.82) is 0 Å². The monoisotopic (exact) mass is 374 g/mol. The first-order valence-corrected chi connectivity index (χ1v) is 8.15. The molecule has 0 saturated carbocycles. The Morgan fingerprint density at radius 3 is 2.11 bits per heavy atom. The molecule has 0 aliphatic heterocycles. The van der Waals surface area contributed by atoms with Crippen LogP contribution in [0, 0.1) is 0 Å². The Balaban J connectivity index is 1.77. The first kappa shape index (κ1) is 19.9. The summed E-state index contributed by atoms with van der Waals surface area (Å²) in [6.45, 7) is 0.409. The molecule has 27 heavy (non-hydrogen) atoms. The van der Waals surface area contributed by atoms with Gasteiger partial charge < -0.3 is 29.6 Å². The normalized spacial score (nSPS) is 9.89. The molecule has 2 amide bonds. The third-order valence-electron chi connectivity index (χ3n) is 3.56. The molecule has 0 saturated heterocycles. The van der Waals surface area contributed by atoms with Crippen molar-refractivity contribution < 1.29 is 28.5 Å². The molecular weight excluding hydrogens is 352 g/mol. The third-order valence-corrected chi connectivity index (χ3v) is 3.56. The Kier molecular flexibility index (Phi) is 7.30. The van der Waals surface area contributed by atoms with Gasteiger partial charge >= 0.3 is 11.8 Å². The lowest BCUT2D eigenvalue weighted by molar-refractivity contribution is -0.136. The van der Waals surface area contributed by atoms with E-state index in [9.17, 15) is 9.59 Å². The SMILES string of the molecule is COc1ccc(OCCNC(=O)C(=O)Nc2ccc(OC)c(OC)c2)cc1. The summed E-state index contributed by atoms with van der Waals surface area (Å²) >= 11 is 0. The van der Waals surface area contributed by atoms with Gasteiger partial charge in [-0.05, 0) is 36.4 Å². The Morgan fingerprint density at radius 1 is 0.815 bits per heavy atom. The zero-order valence-electron chi connectivity index (χ0n) is 15.4. The van der Waals surface area contributed by atoms with Crippen molar-refractivity contribution in [3.05, 3.63) is 42.5 Å². The quantitative estimate of drug-likeness (QED) is 0.541. The second kappa shape index (κ2) is 9.91. The largest absolute Gasteiger partial charge is 0.497 e. The zero-order valence-corrected chi connectivity index (χ0v) is 15.4. The fraction of sp³-hybridized carbons (Fsp3) is 0.263. The van der Waals surface area contributed by atoms with E-state index in [2.05, 4.69) is 10.6 Å². The van der Waals surface area contributed by atoms with Crippen molar-refractivity contribution in [2.45, 2.75) is 0 Å². The topological polar surface area (TPSA) is 95.1 Å². The fourth-order valence-corrected chi connectivity index (χ4v) is 2.19. The number of hydrogen-bond donors (Lipinski definition) is 2. The van der Waals surface area contributed by atoms with Gasteiger partial charge in [-0.2, -0.15) is 0 Å². The molecule has 0 radical (unpaired) electrons. The summed E-state index contributed by atoms with van der Waals surface area (Å²) in [7, 11) is 4.58. The highest BCUT2D eigenvalue weighted by molar-refractivity contribution is 6.39. The molecule has 0 bridgehead atoms. The molecule has 2 N–H and O–H groups in total. The van der Waals surface area contributed by atoms with E-state index in [1.807, 2.05) is 0 Å². The van der Waals surface area contributed by atoms with Gasteiger partial charge in [0, 0.05) is 11.8 Å². The van der Waals surface area contributed by atoms with Crippen LogP contribution in [-0.4, -0.2) is 46.3 Å². The maximum Gasteiger partial charge on any atom is 0.313 e. The number of hydrogen-bond acceptors (Lipinski definition) is 6. The number of carbonyl (C=O) groups is 2. The van der Waals surface area contributed by atoms with Crippen LogP contribution in [0.1, 0.15) is 0 Å². The number of nitrogens with one attached hydrogen (secondary N) is 2. The summed E-state index contributed by atoms with van der Waals surface area (Å²) < 4.78 is 20.8. The Hall–Kier alpha value is -3.42. The van der Waals surface area contributed by atoms with Crippen LogP contribution in [-0.2, 0) is 9.59 Å². The van der Waals surface area contributed by atoms with Crippen LogP contribution in [0.2, 0.25) is 0 Å². The van der Waals surface area contributed by atoms with Crippen molar-refractivity contribution in [3.8, 4) is 23.0 Å². The molecule has 0 spiro atoms. The Bertz CT molecular complexity index is 776. The van der Waals surface area contributed by atoms with Gasteiger partial charge in [-0.25, -0.2) is 0 Å². The summed E-state index contributed by atoms with van der Waals surface area (Å²) in [5.41, 5.74) is 0.419. The number of benzene rings is 2. The fourth-order valence-electron chi connectivity index (χ4n) is 2.19. The summed E-state index contributed by atoms with van der Waals surface area (Å²) in [5, 5.41) is 4.99. The predicted octanol–water partition coefficient (Wildman–Crippen LogP) is 1.85. The van der Waals surface area contributed by atoms with Gasteiger partial charge in [0.25, 0.3) is 0 Å². The highest BCUT2D eigenvalue weighted by atomic mass is 16.5. The lowest BCUT2D eigenvalue weighted by Gasteiger charge is -2.11. The third kappa shape index (κ3) is 5.81. The number of anilines is 1. The molecule has 144 valence electrons. The molecule has 0 heterocycles. The van der Waals surface area contributed by atoms with E-state index in [1.54, 1.807) is 49.6 Å². The number of ether oxygens (including phenoxy) is 4. The van der Waals surface area contributed by atoms with Gasteiger partial charge in [0.2, 0.25) is 0 Å². The Morgan fingerprint density at radius 2 is 1.48 bits per heavy atom. The van der Waals surface area contributed by atoms with Crippen molar-refractivity contribution in [3.63, 3.8) is 0 Å². The molecule has 0 atom stereocenters. The molecule has 8 heteroatoms. The van der Waals surface area contributed by atoms with Crippen LogP contribution in [0.15, 0.2) is 42.5 Å². The molecule has 8 nitrogen and oxygen atoms in total. The van der Waals surface area contributed by atoms with Crippen LogP contribution >= 0.6 is 0 Å². The molecule has 0 unspecified atom stereocenters. The second-order valence-electron chi connectivity index (χ2n) is 5.30. The average Bonchev–Trinajstić information content (AvgIpc) is 2.71. The zero-order chi connectivity index (χ0) is 19.6. The lowest BCUT2D eigenvalue weighted by Crippen LogP contribution is -2.37. The van der Waals surface area contributed by atoms with E-state index in [0.717, 1.165) is 5.75 Å². The van der Waals surface area contributed by atoms with Gasteiger partial charge in [0.05, 0.1) is 27.9 Å². The highest BCUT2D eigenvalue weighted by Gasteiger charge is 2.14. The smallest absolute Gasteiger partial charge is 0.313 e. The van der Waals surface area contributed by atoms with E-state index in [0.29, 0.717) is 22.9 Å². The van der Waals surface area contributed by atoms with Crippen molar-refractivity contribution in [2.24, 2.45) is 0 Å². The average molecular weight is 374 g/mol. The van der Waals surface area contributed by atoms with E-state index in [-0.39, 0.29) is 13.2 Å². The van der Waals surface area contributed by atoms with Gasteiger partial charge in [0.15, 0.2) is 11.5 Å². The van der Waals surface area contributed by atoms with E-state index in [4.69, 9.17) is 18.9 Å². The van der Waals surface area contributed by atoms with E-state index < -0.39 is 11.8 Å². The van der Waals surface area contributed by atoms with Crippen LogP contribution in [0.3, 0.4) is 0 Å². The van der Waals surface area contributed by atoms with Crippen LogP contribution < -0.4 is 29.6 Å². The van der Waals surface area contributed by atoms with Crippen LogP contribution in [0.4, 0.5) is 5.69 Å². The van der Waals surface area contributed by atoms with Gasteiger partial charge in [-0.3, -0.25) is 9.59 Å². The minimum Gasteiger partial charge on any atom is -0.497 e. The van der Waals surface area contributed by atoms with Crippen molar-refractivity contribution in [1.82, 2.24) is 5.32 Å². The van der Waals surface area contributed by atoms with Gasteiger partial charge in [0.1, 0.15) is 18.1 Å². The predicted molar refractivity (Wildman–Crippen MR) is 99.7 cm³/mol. The van der Waals surface area contributed by atoms with Crippen LogP contribution in [0.5, 0.6) is 23.0 Å². The lowest BCUT2D eigenvalue weighted by atomic mass is 10.2. The van der Waals surface area contributed by atoms with Gasteiger partial charge in [-0.15, -0.1) is 0 Å². The minimum absolute atomic E-state index is 0.185. The first-order valence-electron chi connectivity index (χ1n) is 8.15. The maximum atomic E-state index is 12.0. The highest BCUT2D eigenvalue weighted by Crippen LogP contribution is 2.29. The number of carbonyl (C=O) groups excluding carboxylic acids is 2. The number of methoxy groups -OCH3 is 3. The standard InChI is InChI=1S/C19H22N2O6/c1-24-14-5-7-15(8-6-14)27-11-10-20-18(22)19(23)21-13-4-9-16(25-2)17(12-13)26-3/h4-9,12H,10-11H2,1-3H3,(H,20,22)(H,21,23).